The maximum atomic E-state index is 16.4. The molecule has 0 saturated carbocycles. The molecule has 62 heavy (non-hydrogen) atoms. The van der Waals surface area contributed by atoms with Crippen LogP contribution >= 0.6 is 0 Å². The SMILES string of the molecule is COC1CC(c2ccc(C(=O)N3CCC(F)(CN4CCC(n5ccc6c(C)c(N7CCC(=O)NC7=O)ccc65)CC4)CC3)cc2)CN(c2cc(-c3ccccc3O)nnc2N)C1. The van der Waals surface area contributed by atoms with E-state index < -0.39 is 5.67 Å². The number of fused-ring (bicyclic) bond motifs is 1. The van der Waals surface area contributed by atoms with E-state index in [1.807, 2.05) is 49.4 Å². The van der Waals surface area contributed by atoms with E-state index in [1.165, 1.54) is 0 Å². The molecule has 4 fully saturated rings. The number of phenolic OH excluding ortho intramolecular Hbond substituents is 1. The molecule has 0 aliphatic carbocycles. The number of likely N-dealkylation sites (tertiary alicyclic amines) is 2. The Hall–Kier alpha value is -6.06. The number of nitrogens with two attached hydrogens (primary N) is 1. The minimum absolute atomic E-state index is 0.0663. The van der Waals surface area contributed by atoms with Crippen molar-refractivity contribution in [1.29, 1.82) is 0 Å². The van der Waals surface area contributed by atoms with Gasteiger partial charge in [0.2, 0.25) is 5.91 Å². The molecule has 9 rings (SSSR count). The summed E-state index contributed by atoms with van der Waals surface area (Å²) in [6, 6.07) is 22.7. The standard InChI is InChI=1S/C47H54FN9O5/c1-30-36-15-21-56(40(36)12-11-39(30)57-22-16-43(59)50-46(57)61)34-13-19-53(20-14-34)29-47(48)17-23-54(24-18-47)45(60)32-9-7-31(8-10-32)33-25-35(62-2)28-55(27-33)41-26-38(51-52-44(41)49)37-5-3-4-6-42(37)58/h3-12,15,21,26,33-35,58H,13-14,16-20,22-25,27-29H2,1-2H3,(H2,49,52)(H,50,59,61). The number of imide groups is 1. The van der Waals surface area contributed by atoms with Crippen molar-refractivity contribution in [2.45, 2.75) is 69.2 Å². The van der Waals surface area contributed by atoms with E-state index in [-0.39, 0.29) is 48.1 Å². The molecule has 15 heteroatoms. The molecule has 2 unspecified atom stereocenters. The fraction of sp³-hybridized carbons (Fsp3) is 0.426. The van der Waals surface area contributed by atoms with E-state index in [4.69, 9.17) is 10.5 Å². The van der Waals surface area contributed by atoms with Crippen molar-refractivity contribution in [3.05, 3.63) is 95.7 Å². The Balaban J connectivity index is 0.782. The number of hydrogen-bond acceptors (Lipinski definition) is 10. The van der Waals surface area contributed by atoms with E-state index in [0.717, 1.165) is 65.8 Å². The van der Waals surface area contributed by atoms with Crippen molar-refractivity contribution in [1.82, 2.24) is 29.9 Å². The van der Waals surface area contributed by atoms with Crippen molar-refractivity contribution >= 4 is 45.9 Å². The fourth-order valence-electron chi connectivity index (χ4n) is 10.0. The van der Waals surface area contributed by atoms with Crippen LogP contribution in [0.2, 0.25) is 0 Å². The number of aryl methyl sites for hydroxylation is 1. The van der Waals surface area contributed by atoms with Gasteiger partial charge >= 0.3 is 6.03 Å². The number of anilines is 3. The van der Waals surface area contributed by atoms with Crippen LogP contribution in [-0.2, 0) is 9.53 Å². The lowest BCUT2D eigenvalue weighted by Gasteiger charge is -2.41. The number of nitrogens with one attached hydrogen (secondary N) is 1. The van der Waals surface area contributed by atoms with E-state index >= 15 is 4.39 Å². The number of urea groups is 1. The Labute approximate surface area is 360 Å². The number of ether oxygens (including phenoxy) is 1. The first-order valence-electron chi connectivity index (χ1n) is 21.7. The van der Waals surface area contributed by atoms with Gasteiger partial charge in [-0.15, -0.1) is 10.2 Å². The lowest BCUT2D eigenvalue weighted by Crippen LogP contribution is -2.51. The molecule has 324 valence electrons. The second-order valence-corrected chi connectivity index (χ2v) is 17.4. The van der Waals surface area contributed by atoms with Gasteiger partial charge in [0.25, 0.3) is 5.91 Å². The van der Waals surface area contributed by atoms with Crippen LogP contribution < -0.4 is 20.9 Å². The van der Waals surface area contributed by atoms with E-state index in [0.29, 0.717) is 74.7 Å². The first kappa shape index (κ1) is 41.3. The van der Waals surface area contributed by atoms with Gasteiger partial charge in [-0.2, -0.15) is 0 Å². The topological polar surface area (TPSA) is 162 Å². The highest BCUT2D eigenvalue weighted by atomic mass is 19.1. The average molecular weight is 844 g/mol. The molecular weight excluding hydrogens is 790 g/mol. The number of methoxy groups -OCH3 is 1. The number of alkyl halides is 1. The number of aromatic hydroxyl groups is 1. The van der Waals surface area contributed by atoms with Crippen LogP contribution in [0.15, 0.2) is 79.0 Å². The summed E-state index contributed by atoms with van der Waals surface area (Å²) < 4.78 is 24.6. The third-order valence-corrected chi connectivity index (χ3v) is 13.6. The molecule has 2 atom stereocenters. The number of halogens is 1. The maximum absolute atomic E-state index is 16.4. The number of hydrogen-bond donors (Lipinski definition) is 3. The Kier molecular flexibility index (Phi) is 11.3. The highest BCUT2D eigenvalue weighted by Gasteiger charge is 2.39. The Bertz CT molecular complexity index is 2480. The zero-order chi connectivity index (χ0) is 43.1. The second-order valence-electron chi connectivity index (χ2n) is 17.4. The second kappa shape index (κ2) is 17.0. The zero-order valence-electron chi connectivity index (χ0n) is 35.3. The average Bonchev–Trinajstić information content (AvgIpc) is 3.72. The summed E-state index contributed by atoms with van der Waals surface area (Å²) in [6.45, 7) is 6.34. The minimum atomic E-state index is -1.35. The first-order chi connectivity index (χ1) is 30.0. The van der Waals surface area contributed by atoms with Gasteiger partial charge in [0, 0.05) is 125 Å². The molecule has 0 spiro atoms. The zero-order valence-corrected chi connectivity index (χ0v) is 35.3. The number of nitrogens with zero attached hydrogens (tertiary/aromatic N) is 7. The molecule has 4 aliphatic heterocycles. The molecule has 2 aromatic heterocycles. The Morgan fingerprint density at radius 3 is 2.44 bits per heavy atom. The van der Waals surface area contributed by atoms with Gasteiger partial charge in [-0.1, -0.05) is 24.3 Å². The number of benzene rings is 3. The third kappa shape index (κ3) is 8.18. The molecule has 14 nitrogen and oxygen atoms in total. The van der Waals surface area contributed by atoms with Crippen molar-refractivity contribution in [2.24, 2.45) is 0 Å². The minimum Gasteiger partial charge on any atom is -0.507 e. The Morgan fingerprint density at radius 2 is 1.71 bits per heavy atom. The number of carbonyl (C=O) groups excluding carboxylic acids is 3. The molecule has 4 N–H and O–H groups in total. The fourth-order valence-corrected chi connectivity index (χ4v) is 10.0. The van der Waals surface area contributed by atoms with E-state index in [2.05, 4.69) is 48.2 Å². The van der Waals surface area contributed by atoms with Gasteiger partial charge in [-0.05, 0) is 85.8 Å². The Morgan fingerprint density at radius 1 is 0.952 bits per heavy atom. The predicted octanol–water partition coefficient (Wildman–Crippen LogP) is 6.43. The smallest absolute Gasteiger partial charge is 0.328 e. The van der Waals surface area contributed by atoms with E-state index in [1.54, 1.807) is 35.1 Å². The number of rotatable bonds is 9. The van der Waals surface area contributed by atoms with Crippen molar-refractivity contribution in [3.8, 4) is 17.0 Å². The molecule has 0 radical (unpaired) electrons. The van der Waals surface area contributed by atoms with Gasteiger partial charge < -0.3 is 34.8 Å². The quantitative estimate of drug-likeness (QED) is 0.151. The molecule has 0 bridgehead atoms. The van der Waals surface area contributed by atoms with Crippen molar-refractivity contribution < 1.29 is 28.6 Å². The van der Waals surface area contributed by atoms with Crippen LogP contribution in [-0.4, -0.2) is 119 Å². The van der Waals surface area contributed by atoms with Gasteiger partial charge in [0.15, 0.2) is 5.82 Å². The van der Waals surface area contributed by atoms with Crippen LogP contribution in [0.4, 0.5) is 26.4 Å². The molecule has 4 saturated heterocycles. The monoisotopic (exact) mass is 843 g/mol. The molecular formula is C47H54FN9O5. The summed E-state index contributed by atoms with van der Waals surface area (Å²) in [4.78, 5) is 45.7. The number of para-hydroxylation sites is 1. The molecule has 5 aromatic rings. The van der Waals surface area contributed by atoms with Gasteiger partial charge in [-0.3, -0.25) is 19.8 Å². The highest BCUT2D eigenvalue weighted by Crippen LogP contribution is 2.38. The summed E-state index contributed by atoms with van der Waals surface area (Å²) in [5.41, 5.74) is 11.4. The summed E-state index contributed by atoms with van der Waals surface area (Å²) in [7, 11) is 1.71. The largest absolute Gasteiger partial charge is 0.507 e. The van der Waals surface area contributed by atoms with Crippen molar-refractivity contribution in [2.75, 3.05) is 75.0 Å². The lowest BCUT2D eigenvalue weighted by molar-refractivity contribution is -0.120. The molecule has 4 amide bonds. The first-order valence-corrected chi connectivity index (χ1v) is 21.7. The number of nitrogen functional groups attached to an aromatic ring is 1. The molecule has 4 aliphatic rings. The maximum Gasteiger partial charge on any atom is 0.328 e. The van der Waals surface area contributed by atoms with Crippen LogP contribution in [0.1, 0.15) is 72.0 Å². The van der Waals surface area contributed by atoms with Gasteiger partial charge in [0.05, 0.1) is 17.5 Å². The van der Waals surface area contributed by atoms with Crippen LogP contribution in [0.25, 0.3) is 22.2 Å². The van der Waals surface area contributed by atoms with Crippen LogP contribution in [0.5, 0.6) is 5.75 Å². The number of piperidine rings is 3. The van der Waals surface area contributed by atoms with E-state index in [9.17, 15) is 19.5 Å². The van der Waals surface area contributed by atoms with Gasteiger partial charge in [-0.25, -0.2) is 9.18 Å². The predicted molar refractivity (Wildman–Crippen MR) is 236 cm³/mol. The van der Waals surface area contributed by atoms with Crippen molar-refractivity contribution in [3.63, 3.8) is 0 Å². The summed E-state index contributed by atoms with van der Waals surface area (Å²) in [6.07, 6.45) is 5.54. The van der Waals surface area contributed by atoms with Crippen LogP contribution in [0.3, 0.4) is 0 Å². The number of aromatic nitrogens is 3. The molecule has 3 aromatic carbocycles. The number of phenols is 1. The molecule has 6 heterocycles. The number of carbonyl (C=O) groups is 3. The summed E-state index contributed by atoms with van der Waals surface area (Å²) in [5, 5.41) is 22.4. The van der Waals surface area contributed by atoms with Crippen LogP contribution in [0, 0.1) is 6.92 Å². The number of amides is 4. The summed E-state index contributed by atoms with van der Waals surface area (Å²) >= 11 is 0. The third-order valence-electron chi connectivity index (χ3n) is 13.6. The summed E-state index contributed by atoms with van der Waals surface area (Å²) in [5.74, 6) is 0.174. The normalized spacial score (nSPS) is 21.4. The highest BCUT2D eigenvalue weighted by molar-refractivity contribution is 6.07. The van der Waals surface area contributed by atoms with Gasteiger partial charge in [0.1, 0.15) is 11.4 Å². The lowest BCUT2D eigenvalue weighted by atomic mass is 9.88.